The van der Waals surface area contributed by atoms with E-state index >= 15 is 0 Å². The summed E-state index contributed by atoms with van der Waals surface area (Å²) >= 11 is 12.2. The van der Waals surface area contributed by atoms with E-state index in [1.54, 1.807) is 24.3 Å². The van der Waals surface area contributed by atoms with E-state index in [2.05, 4.69) is 10.0 Å². The molecule has 0 bridgehead atoms. The van der Waals surface area contributed by atoms with Gasteiger partial charge < -0.3 is 5.32 Å². The summed E-state index contributed by atoms with van der Waals surface area (Å²) < 4.78 is 28.4. The van der Waals surface area contributed by atoms with Crippen LogP contribution in [0.15, 0.2) is 59.5 Å². The number of aryl methyl sites for hydroxylation is 3. The fraction of sp³-hybridized carbons (Fsp3) is 0.136. The molecule has 2 N–H and O–H groups in total. The largest absolute Gasteiger partial charge is 0.322 e. The van der Waals surface area contributed by atoms with E-state index < -0.39 is 15.9 Å². The Labute approximate surface area is 186 Å². The number of anilines is 2. The third-order valence-electron chi connectivity index (χ3n) is 4.54. The van der Waals surface area contributed by atoms with Crippen molar-refractivity contribution in [2.45, 2.75) is 25.7 Å². The Kier molecular flexibility index (Phi) is 6.41. The van der Waals surface area contributed by atoms with E-state index in [-0.39, 0.29) is 15.5 Å². The van der Waals surface area contributed by atoms with Crippen LogP contribution in [0.25, 0.3) is 0 Å². The first-order valence-corrected chi connectivity index (χ1v) is 11.3. The van der Waals surface area contributed by atoms with Crippen LogP contribution in [0.1, 0.15) is 27.0 Å². The molecule has 0 fully saturated rings. The molecule has 3 aromatic carbocycles. The Bertz CT molecular complexity index is 1240. The van der Waals surface area contributed by atoms with Crippen molar-refractivity contribution >= 4 is 50.5 Å². The summed E-state index contributed by atoms with van der Waals surface area (Å²) in [6.45, 7) is 5.58. The Morgan fingerprint density at radius 1 is 0.833 bits per heavy atom. The third-order valence-corrected chi connectivity index (χ3v) is 6.79. The minimum absolute atomic E-state index is 0.0159. The Morgan fingerprint density at radius 2 is 1.57 bits per heavy atom. The normalized spacial score (nSPS) is 11.2. The zero-order chi connectivity index (χ0) is 22.1. The number of benzene rings is 3. The maximum atomic E-state index is 12.9. The zero-order valence-corrected chi connectivity index (χ0v) is 18.9. The highest BCUT2D eigenvalue weighted by Crippen LogP contribution is 2.27. The highest BCUT2D eigenvalue weighted by molar-refractivity contribution is 7.92. The van der Waals surface area contributed by atoms with Crippen molar-refractivity contribution in [1.82, 2.24) is 0 Å². The van der Waals surface area contributed by atoms with Gasteiger partial charge in [0.15, 0.2) is 0 Å². The van der Waals surface area contributed by atoms with Crippen LogP contribution in [0.3, 0.4) is 0 Å². The fourth-order valence-corrected chi connectivity index (χ4v) is 4.69. The van der Waals surface area contributed by atoms with E-state index in [0.29, 0.717) is 16.4 Å². The van der Waals surface area contributed by atoms with Gasteiger partial charge in [-0.05, 0) is 68.3 Å². The first kappa shape index (κ1) is 22.2. The van der Waals surface area contributed by atoms with Crippen LogP contribution in [-0.4, -0.2) is 14.3 Å². The van der Waals surface area contributed by atoms with Crippen molar-refractivity contribution in [2.24, 2.45) is 0 Å². The van der Waals surface area contributed by atoms with Gasteiger partial charge in [0.25, 0.3) is 15.9 Å². The smallest absolute Gasteiger partial charge is 0.263 e. The van der Waals surface area contributed by atoms with Crippen LogP contribution >= 0.6 is 23.2 Å². The molecule has 0 unspecified atom stereocenters. The van der Waals surface area contributed by atoms with Gasteiger partial charge in [0, 0.05) is 16.3 Å². The van der Waals surface area contributed by atoms with E-state index in [9.17, 15) is 13.2 Å². The number of rotatable bonds is 5. The Hall–Kier alpha value is -2.54. The van der Waals surface area contributed by atoms with Crippen molar-refractivity contribution in [3.05, 3.63) is 86.9 Å². The van der Waals surface area contributed by atoms with Crippen molar-refractivity contribution in [3.63, 3.8) is 0 Å². The van der Waals surface area contributed by atoms with Crippen molar-refractivity contribution in [2.75, 3.05) is 10.0 Å². The zero-order valence-electron chi connectivity index (χ0n) is 16.6. The van der Waals surface area contributed by atoms with Gasteiger partial charge in [-0.2, -0.15) is 0 Å². The van der Waals surface area contributed by atoms with Crippen LogP contribution in [0, 0.1) is 20.8 Å². The van der Waals surface area contributed by atoms with Gasteiger partial charge in [-0.3, -0.25) is 9.52 Å². The number of halogens is 2. The van der Waals surface area contributed by atoms with Crippen LogP contribution in [-0.2, 0) is 10.0 Å². The van der Waals surface area contributed by atoms with Gasteiger partial charge in [-0.15, -0.1) is 0 Å². The van der Waals surface area contributed by atoms with Crippen LogP contribution in [0.2, 0.25) is 10.0 Å². The van der Waals surface area contributed by atoms with Gasteiger partial charge in [0.05, 0.1) is 10.7 Å². The minimum atomic E-state index is -4.00. The molecule has 5 nitrogen and oxygen atoms in total. The molecule has 0 heterocycles. The molecule has 0 saturated carbocycles. The van der Waals surface area contributed by atoms with E-state index in [4.69, 9.17) is 23.2 Å². The molecule has 0 radical (unpaired) electrons. The number of sulfonamides is 1. The summed E-state index contributed by atoms with van der Waals surface area (Å²) in [5.41, 5.74) is 3.77. The molecule has 30 heavy (non-hydrogen) atoms. The molecule has 0 aliphatic heterocycles. The first-order valence-electron chi connectivity index (χ1n) is 9.04. The van der Waals surface area contributed by atoms with E-state index in [0.717, 1.165) is 16.7 Å². The third kappa shape index (κ3) is 4.95. The average Bonchev–Trinajstić information content (AvgIpc) is 2.67. The standard InChI is InChI=1S/C22H20Cl2N2O3S/c1-13-4-9-20(15(3)10-13)26-30(28,29)21-11-16(6-8-18(21)23)22(27)25-17-7-5-14(2)19(24)12-17/h4-12,26H,1-3H3,(H,25,27). The number of carbonyl (C=O) groups is 1. The van der Waals surface area contributed by atoms with Gasteiger partial charge >= 0.3 is 0 Å². The van der Waals surface area contributed by atoms with Crippen LogP contribution in [0.4, 0.5) is 11.4 Å². The van der Waals surface area contributed by atoms with E-state index in [1.807, 2.05) is 32.9 Å². The topological polar surface area (TPSA) is 75.3 Å². The molecule has 8 heteroatoms. The number of hydrogen-bond acceptors (Lipinski definition) is 3. The lowest BCUT2D eigenvalue weighted by atomic mass is 10.1. The average molecular weight is 463 g/mol. The summed E-state index contributed by atoms with van der Waals surface area (Å²) in [6.07, 6.45) is 0. The summed E-state index contributed by atoms with van der Waals surface area (Å²) in [5.74, 6) is -0.477. The van der Waals surface area contributed by atoms with Crippen molar-refractivity contribution in [1.29, 1.82) is 0 Å². The quantitative estimate of drug-likeness (QED) is 0.490. The maximum Gasteiger partial charge on any atom is 0.263 e. The number of nitrogens with one attached hydrogen (secondary N) is 2. The molecule has 0 aliphatic rings. The number of amides is 1. The lowest BCUT2D eigenvalue weighted by Gasteiger charge is -2.13. The van der Waals surface area contributed by atoms with Gasteiger partial charge in [-0.1, -0.05) is 47.0 Å². The second kappa shape index (κ2) is 8.68. The molecule has 3 aromatic rings. The summed E-state index contributed by atoms with van der Waals surface area (Å²) in [6, 6.07) is 14.6. The van der Waals surface area contributed by atoms with Gasteiger partial charge in [-0.25, -0.2) is 8.42 Å². The first-order chi connectivity index (χ1) is 14.1. The number of carbonyl (C=O) groups excluding carboxylic acids is 1. The predicted octanol–water partition coefficient (Wildman–Crippen LogP) is 5.97. The van der Waals surface area contributed by atoms with Crippen LogP contribution in [0.5, 0.6) is 0 Å². The van der Waals surface area contributed by atoms with E-state index in [1.165, 1.54) is 18.2 Å². The lowest BCUT2D eigenvalue weighted by molar-refractivity contribution is 0.102. The molecule has 1 amide bonds. The minimum Gasteiger partial charge on any atom is -0.322 e. The Balaban J connectivity index is 1.89. The lowest BCUT2D eigenvalue weighted by Crippen LogP contribution is -2.17. The molecule has 0 atom stereocenters. The maximum absolute atomic E-state index is 12.9. The molecule has 0 saturated heterocycles. The number of hydrogen-bond donors (Lipinski definition) is 2. The van der Waals surface area contributed by atoms with Crippen molar-refractivity contribution < 1.29 is 13.2 Å². The highest BCUT2D eigenvalue weighted by Gasteiger charge is 2.21. The predicted molar refractivity (Wildman–Crippen MR) is 122 cm³/mol. The second-order valence-corrected chi connectivity index (χ2v) is 9.45. The monoisotopic (exact) mass is 462 g/mol. The summed E-state index contributed by atoms with van der Waals surface area (Å²) in [5, 5.41) is 3.24. The molecule has 0 spiro atoms. The second-order valence-electron chi connectivity index (χ2n) is 6.99. The van der Waals surface area contributed by atoms with Crippen LogP contribution < -0.4 is 10.0 Å². The fourth-order valence-electron chi connectivity index (χ4n) is 2.85. The SMILES string of the molecule is Cc1ccc(NS(=O)(=O)c2cc(C(=O)Nc3ccc(C)c(Cl)c3)ccc2Cl)c(C)c1. The van der Waals surface area contributed by atoms with Crippen molar-refractivity contribution in [3.8, 4) is 0 Å². The summed E-state index contributed by atoms with van der Waals surface area (Å²) in [4.78, 5) is 12.5. The molecule has 0 aliphatic carbocycles. The molecule has 3 rings (SSSR count). The molecule has 156 valence electrons. The molecule has 0 aromatic heterocycles. The summed E-state index contributed by atoms with van der Waals surface area (Å²) in [7, 11) is -4.00. The van der Waals surface area contributed by atoms with Gasteiger partial charge in [0.2, 0.25) is 0 Å². The molecular formula is C22H20Cl2N2O3S. The van der Waals surface area contributed by atoms with Gasteiger partial charge in [0.1, 0.15) is 4.90 Å². The Morgan fingerprint density at radius 3 is 2.23 bits per heavy atom. The molecular weight excluding hydrogens is 443 g/mol. The highest BCUT2D eigenvalue weighted by atomic mass is 35.5.